The Kier molecular flexibility index (Phi) is 3.91. The second-order valence-corrected chi connectivity index (χ2v) is 6.09. The summed E-state index contributed by atoms with van der Waals surface area (Å²) in [6.07, 6.45) is 0. The van der Waals surface area contributed by atoms with Gasteiger partial charge in [0.25, 0.3) is 0 Å². The minimum absolute atomic E-state index is 0.132. The van der Waals surface area contributed by atoms with Crippen LogP contribution in [-0.2, 0) is 11.4 Å². The number of hydrogen-bond donors (Lipinski definition) is 1. The Labute approximate surface area is 91.4 Å². The monoisotopic (exact) mass is 263 g/mol. The normalized spacial score (nSPS) is 12.0. The molecule has 0 aliphatic heterocycles. The van der Waals surface area contributed by atoms with Gasteiger partial charge in [0.1, 0.15) is 0 Å². The molecule has 0 saturated heterocycles. The van der Waals surface area contributed by atoms with E-state index in [1.54, 1.807) is 11.3 Å². The van der Waals surface area contributed by atoms with Crippen LogP contribution in [0.5, 0.6) is 0 Å². The van der Waals surface area contributed by atoms with Gasteiger partial charge < -0.3 is 0 Å². The zero-order valence-electron chi connectivity index (χ0n) is 8.06. The molecule has 0 atom stereocenters. The van der Waals surface area contributed by atoms with Gasteiger partial charge in [-0.25, -0.2) is 0 Å². The Balaban J connectivity index is 2.28. The molecule has 1 N–H and O–H groups in total. The molecule has 1 aromatic heterocycles. The highest BCUT2D eigenvalue weighted by molar-refractivity contribution is 9.11. The van der Waals surface area contributed by atoms with Crippen molar-refractivity contribution in [1.29, 1.82) is 0 Å². The fraction of sp³-hybridized carbons (Fsp3) is 0.556. The fourth-order valence-corrected chi connectivity index (χ4v) is 1.98. The van der Waals surface area contributed by atoms with Crippen LogP contribution in [0.15, 0.2) is 15.2 Å². The quantitative estimate of drug-likeness (QED) is 0.845. The first-order valence-electron chi connectivity index (χ1n) is 4.11. The van der Waals surface area contributed by atoms with Crippen LogP contribution in [0, 0.1) is 0 Å². The van der Waals surface area contributed by atoms with Crippen molar-refractivity contribution in [2.75, 3.05) is 0 Å². The van der Waals surface area contributed by atoms with E-state index in [2.05, 4.69) is 32.9 Å². The third-order valence-electron chi connectivity index (χ3n) is 1.28. The van der Waals surface area contributed by atoms with Crippen LogP contribution in [0.3, 0.4) is 0 Å². The summed E-state index contributed by atoms with van der Waals surface area (Å²) in [5.74, 6) is 0. The standard InChI is InChI=1S/C9H14BrNOS/c1-9(2,3)12-11-5-7-4-8(10)13-6-7/h4,6,11H,5H2,1-3H3. The molecule has 0 bridgehead atoms. The topological polar surface area (TPSA) is 21.3 Å². The summed E-state index contributed by atoms with van der Waals surface area (Å²) >= 11 is 5.10. The molecule has 0 amide bonds. The van der Waals surface area contributed by atoms with Gasteiger partial charge in [0.15, 0.2) is 0 Å². The van der Waals surface area contributed by atoms with Crippen LogP contribution >= 0.6 is 27.3 Å². The molecule has 74 valence electrons. The third-order valence-corrected chi connectivity index (χ3v) is 2.83. The summed E-state index contributed by atoms with van der Waals surface area (Å²) in [4.78, 5) is 5.38. The van der Waals surface area contributed by atoms with Gasteiger partial charge in [-0.15, -0.1) is 11.3 Å². The molecule has 0 spiro atoms. The van der Waals surface area contributed by atoms with Gasteiger partial charge in [-0.1, -0.05) is 0 Å². The molecule has 0 fully saturated rings. The van der Waals surface area contributed by atoms with Gasteiger partial charge in [-0.3, -0.25) is 4.84 Å². The lowest BCUT2D eigenvalue weighted by molar-refractivity contribution is -0.0757. The lowest BCUT2D eigenvalue weighted by Crippen LogP contribution is -2.28. The minimum atomic E-state index is -0.132. The Hall–Kier alpha value is 0.100. The number of thiophene rings is 1. The molecule has 1 aromatic rings. The minimum Gasteiger partial charge on any atom is -0.296 e. The van der Waals surface area contributed by atoms with E-state index in [9.17, 15) is 0 Å². The van der Waals surface area contributed by atoms with Gasteiger partial charge in [0.05, 0.1) is 9.39 Å². The average molecular weight is 264 g/mol. The van der Waals surface area contributed by atoms with Gasteiger partial charge in [0.2, 0.25) is 0 Å². The van der Waals surface area contributed by atoms with Crippen molar-refractivity contribution in [3.05, 3.63) is 20.8 Å². The average Bonchev–Trinajstić information content (AvgIpc) is 2.33. The van der Waals surface area contributed by atoms with Crippen LogP contribution < -0.4 is 5.48 Å². The predicted octanol–water partition coefficient (Wildman–Crippen LogP) is 3.33. The Morgan fingerprint density at radius 3 is 2.69 bits per heavy atom. The molecule has 4 heteroatoms. The first kappa shape index (κ1) is 11.2. The summed E-state index contributed by atoms with van der Waals surface area (Å²) in [6, 6.07) is 2.09. The van der Waals surface area contributed by atoms with Crippen molar-refractivity contribution < 1.29 is 4.84 Å². The molecular formula is C9H14BrNOS. The van der Waals surface area contributed by atoms with Crippen LogP contribution in [0.2, 0.25) is 0 Å². The van der Waals surface area contributed by atoms with E-state index in [0.29, 0.717) is 0 Å². The largest absolute Gasteiger partial charge is 0.296 e. The number of hydroxylamine groups is 1. The van der Waals surface area contributed by atoms with E-state index in [4.69, 9.17) is 4.84 Å². The lowest BCUT2D eigenvalue weighted by Gasteiger charge is -2.18. The molecule has 0 aromatic carbocycles. The summed E-state index contributed by atoms with van der Waals surface area (Å²) in [7, 11) is 0. The predicted molar refractivity (Wildman–Crippen MR) is 59.7 cm³/mol. The molecule has 2 nitrogen and oxygen atoms in total. The second kappa shape index (κ2) is 4.55. The second-order valence-electron chi connectivity index (χ2n) is 3.79. The van der Waals surface area contributed by atoms with Gasteiger partial charge in [-0.05, 0) is 53.7 Å². The molecule has 13 heavy (non-hydrogen) atoms. The van der Waals surface area contributed by atoms with E-state index in [1.165, 1.54) is 5.56 Å². The molecule has 0 aliphatic carbocycles. The summed E-state index contributed by atoms with van der Waals surface area (Å²) in [5, 5.41) is 2.10. The maximum Gasteiger partial charge on any atom is 0.0813 e. The van der Waals surface area contributed by atoms with Crippen LogP contribution in [0.1, 0.15) is 26.3 Å². The number of rotatable bonds is 3. The van der Waals surface area contributed by atoms with Gasteiger partial charge in [-0.2, -0.15) is 5.48 Å². The highest BCUT2D eigenvalue weighted by Gasteiger charge is 2.09. The smallest absolute Gasteiger partial charge is 0.0813 e. The van der Waals surface area contributed by atoms with E-state index in [1.807, 2.05) is 20.8 Å². The van der Waals surface area contributed by atoms with Crippen molar-refractivity contribution in [2.24, 2.45) is 0 Å². The maximum absolute atomic E-state index is 5.38. The molecule has 1 rings (SSSR count). The Morgan fingerprint density at radius 1 is 1.54 bits per heavy atom. The van der Waals surface area contributed by atoms with Crippen LogP contribution in [0.25, 0.3) is 0 Å². The van der Waals surface area contributed by atoms with Crippen LogP contribution in [-0.4, -0.2) is 5.60 Å². The molecule has 0 radical (unpaired) electrons. The Morgan fingerprint density at radius 2 is 2.23 bits per heavy atom. The number of halogens is 1. The van der Waals surface area contributed by atoms with Crippen molar-refractivity contribution in [2.45, 2.75) is 32.9 Å². The van der Waals surface area contributed by atoms with Crippen molar-refractivity contribution >= 4 is 27.3 Å². The summed E-state index contributed by atoms with van der Waals surface area (Å²) in [5.41, 5.74) is 4.05. The first-order chi connectivity index (χ1) is 5.97. The van der Waals surface area contributed by atoms with E-state index >= 15 is 0 Å². The van der Waals surface area contributed by atoms with Crippen LogP contribution in [0.4, 0.5) is 0 Å². The van der Waals surface area contributed by atoms with E-state index < -0.39 is 0 Å². The highest BCUT2D eigenvalue weighted by atomic mass is 79.9. The van der Waals surface area contributed by atoms with Crippen molar-refractivity contribution in [3.63, 3.8) is 0 Å². The van der Waals surface area contributed by atoms with E-state index in [0.717, 1.165) is 10.3 Å². The van der Waals surface area contributed by atoms with E-state index in [-0.39, 0.29) is 5.60 Å². The summed E-state index contributed by atoms with van der Waals surface area (Å²) in [6.45, 7) is 6.80. The molecule has 0 saturated carbocycles. The lowest BCUT2D eigenvalue weighted by atomic mass is 10.2. The van der Waals surface area contributed by atoms with Crippen molar-refractivity contribution in [3.8, 4) is 0 Å². The number of hydrogen-bond acceptors (Lipinski definition) is 3. The first-order valence-corrected chi connectivity index (χ1v) is 5.78. The SMILES string of the molecule is CC(C)(C)ONCc1csc(Br)c1. The maximum atomic E-state index is 5.38. The van der Waals surface area contributed by atoms with Gasteiger partial charge in [0, 0.05) is 6.54 Å². The zero-order valence-corrected chi connectivity index (χ0v) is 10.5. The molecule has 0 unspecified atom stereocenters. The van der Waals surface area contributed by atoms with Crippen molar-refractivity contribution in [1.82, 2.24) is 5.48 Å². The highest BCUT2D eigenvalue weighted by Crippen LogP contribution is 2.20. The fourth-order valence-electron chi connectivity index (χ4n) is 0.774. The number of nitrogens with one attached hydrogen (secondary N) is 1. The molecule has 0 aliphatic rings. The Bertz CT molecular complexity index is 267. The molecule has 1 heterocycles. The zero-order chi connectivity index (χ0) is 9.90. The van der Waals surface area contributed by atoms with Gasteiger partial charge >= 0.3 is 0 Å². The third kappa shape index (κ3) is 4.76. The molecular weight excluding hydrogens is 250 g/mol. The summed E-state index contributed by atoms with van der Waals surface area (Å²) < 4.78 is 1.15.